The zero-order chi connectivity index (χ0) is 14.4. The number of methoxy groups -OCH3 is 1. The van der Waals surface area contributed by atoms with Gasteiger partial charge in [-0.15, -0.1) is 0 Å². The first-order chi connectivity index (χ1) is 8.95. The normalized spacial score (nSPS) is 13.6. The van der Waals surface area contributed by atoms with Gasteiger partial charge >= 0.3 is 0 Å². The lowest BCUT2D eigenvalue weighted by Crippen LogP contribution is -2.27. The van der Waals surface area contributed by atoms with Gasteiger partial charge in [-0.2, -0.15) is 0 Å². The van der Waals surface area contributed by atoms with Gasteiger partial charge in [0.05, 0.1) is 12.7 Å². The average Bonchev–Trinajstić information content (AvgIpc) is 2.37. The third-order valence-electron chi connectivity index (χ3n) is 2.87. The van der Waals surface area contributed by atoms with Gasteiger partial charge in [0.2, 0.25) is 0 Å². The van der Waals surface area contributed by atoms with Crippen LogP contribution in [0, 0.1) is 0 Å². The Morgan fingerprint density at radius 3 is 2.79 bits per heavy atom. The van der Waals surface area contributed by atoms with Crippen LogP contribution >= 0.6 is 0 Å². The van der Waals surface area contributed by atoms with Gasteiger partial charge in [0, 0.05) is 40.6 Å². The van der Waals surface area contributed by atoms with Crippen LogP contribution in [0.3, 0.4) is 0 Å². The Morgan fingerprint density at radius 2 is 2.21 bits per heavy atom. The van der Waals surface area contributed by atoms with E-state index in [4.69, 9.17) is 10.5 Å². The highest BCUT2D eigenvalue weighted by molar-refractivity contribution is 7.84. The van der Waals surface area contributed by atoms with Gasteiger partial charge < -0.3 is 15.8 Å². The van der Waals surface area contributed by atoms with Gasteiger partial charge in [-0.1, -0.05) is 6.92 Å². The molecular formula is C13H20N2O3S. The number of nitrogens with two attached hydrogens (primary N) is 1. The van der Waals surface area contributed by atoms with Crippen LogP contribution in [0.5, 0.6) is 5.75 Å². The molecule has 0 aliphatic heterocycles. The van der Waals surface area contributed by atoms with E-state index < -0.39 is 10.8 Å². The Labute approximate surface area is 116 Å². The van der Waals surface area contributed by atoms with E-state index in [0.717, 1.165) is 0 Å². The summed E-state index contributed by atoms with van der Waals surface area (Å²) < 4.78 is 16.3. The molecule has 6 heteroatoms. The summed E-state index contributed by atoms with van der Waals surface area (Å²) in [5.41, 5.74) is 6.62. The van der Waals surface area contributed by atoms with E-state index in [1.54, 1.807) is 24.5 Å². The van der Waals surface area contributed by atoms with E-state index in [2.05, 4.69) is 5.32 Å². The fourth-order valence-corrected chi connectivity index (χ4v) is 2.00. The topological polar surface area (TPSA) is 81.4 Å². The molecule has 0 fully saturated rings. The van der Waals surface area contributed by atoms with Crippen molar-refractivity contribution in [2.45, 2.75) is 18.6 Å². The van der Waals surface area contributed by atoms with Crippen molar-refractivity contribution in [1.82, 2.24) is 5.32 Å². The molecule has 1 aromatic carbocycles. The number of nitrogen functional groups attached to an aromatic ring is 1. The molecule has 0 aromatic heterocycles. The van der Waals surface area contributed by atoms with Crippen LogP contribution in [-0.4, -0.2) is 35.3 Å². The van der Waals surface area contributed by atoms with Crippen molar-refractivity contribution in [3.8, 4) is 5.75 Å². The number of anilines is 1. The molecule has 5 nitrogen and oxygen atoms in total. The number of rotatable bonds is 6. The van der Waals surface area contributed by atoms with E-state index in [1.165, 1.54) is 7.11 Å². The molecule has 0 radical (unpaired) electrons. The Kier molecular flexibility index (Phi) is 5.82. The fraction of sp³-hybridized carbons (Fsp3) is 0.462. The van der Waals surface area contributed by atoms with Crippen molar-refractivity contribution >= 4 is 22.4 Å². The lowest BCUT2D eigenvalue weighted by molar-refractivity contribution is 0.0950. The predicted octanol–water partition coefficient (Wildman–Crippen LogP) is 1.16. The first-order valence-electron chi connectivity index (χ1n) is 5.99. The molecule has 106 valence electrons. The second-order valence-electron chi connectivity index (χ2n) is 4.31. The maximum Gasteiger partial charge on any atom is 0.255 e. The van der Waals surface area contributed by atoms with Crippen LogP contribution in [0.2, 0.25) is 0 Å². The predicted molar refractivity (Wildman–Crippen MR) is 77.9 cm³/mol. The van der Waals surface area contributed by atoms with Crippen molar-refractivity contribution in [2.75, 3.05) is 25.6 Å². The van der Waals surface area contributed by atoms with Gasteiger partial charge in [0.1, 0.15) is 5.75 Å². The maximum atomic E-state index is 12.0. The first-order valence-corrected chi connectivity index (χ1v) is 7.61. The lowest BCUT2D eigenvalue weighted by Gasteiger charge is -2.11. The number of hydrogen-bond acceptors (Lipinski definition) is 4. The Bertz CT molecular complexity index is 477. The van der Waals surface area contributed by atoms with Gasteiger partial charge in [0.15, 0.2) is 0 Å². The SMILES string of the molecule is COc1cc(N)ccc1C(=O)NCCC(C)S(C)=O. The van der Waals surface area contributed by atoms with Gasteiger partial charge in [-0.05, 0) is 18.6 Å². The largest absolute Gasteiger partial charge is 0.496 e. The summed E-state index contributed by atoms with van der Waals surface area (Å²) in [5, 5.41) is 2.85. The number of hydrogen-bond donors (Lipinski definition) is 2. The average molecular weight is 284 g/mol. The van der Waals surface area contributed by atoms with Crippen LogP contribution in [0.15, 0.2) is 18.2 Å². The third-order valence-corrected chi connectivity index (χ3v) is 4.24. The molecule has 2 atom stereocenters. The Hall–Kier alpha value is -1.56. The molecule has 1 rings (SSSR count). The van der Waals surface area contributed by atoms with Crippen LogP contribution < -0.4 is 15.8 Å². The van der Waals surface area contributed by atoms with Crippen LogP contribution in [0.25, 0.3) is 0 Å². The summed E-state index contributed by atoms with van der Waals surface area (Å²) >= 11 is 0. The first kappa shape index (κ1) is 15.5. The van der Waals surface area contributed by atoms with E-state index in [9.17, 15) is 9.00 Å². The molecule has 0 spiro atoms. The standard InChI is InChI=1S/C13H20N2O3S/c1-9(19(3)17)6-7-15-13(16)11-5-4-10(14)8-12(11)18-2/h4-5,8-9H,6-7,14H2,1-3H3,(H,15,16). The molecule has 3 N–H and O–H groups in total. The maximum absolute atomic E-state index is 12.0. The summed E-state index contributed by atoms with van der Waals surface area (Å²) in [7, 11) is 0.623. The minimum Gasteiger partial charge on any atom is -0.496 e. The quantitative estimate of drug-likeness (QED) is 0.768. The molecular weight excluding hydrogens is 264 g/mol. The highest BCUT2D eigenvalue weighted by Gasteiger charge is 2.13. The summed E-state index contributed by atoms with van der Waals surface area (Å²) in [6.07, 6.45) is 2.33. The Morgan fingerprint density at radius 1 is 1.53 bits per heavy atom. The van der Waals surface area contributed by atoms with Crippen molar-refractivity contribution in [3.05, 3.63) is 23.8 Å². The van der Waals surface area contributed by atoms with Crippen LogP contribution in [0.1, 0.15) is 23.7 Å². The highest BCUT2D eigenvalue weighted by atomic mass is 32.2. The molecule has 2 unspecified atom stereocenters. The third kappa shape index (κ3) is 4.55. The van der Waals surface area contributed by atoms with Crippen molar-refractivity contribution < 1.29 is 13.7 Å². The molecule has 1 amide bonds. The number of nitrogens with one attached hydrogen (secondary N) is 1. The number of carbonyl (C=O) groups excluding carboxylic acids is 1. The molecule has 0 bridgehead atoms. The molecule has 0 saturated carbocycles. The monoisotopic (exact) mass is 284 g/mol. The number of carbonyl (C=O) groups is 1. The van der Waals surface area contributed by atoms with Gasteiger partial charge in [-0.25, -0.2) is 0 Å². The lowest BCUT2D eigenvalue weighted by atomic mass is 10.1. The van der Waals surface area contributed by atoms with Crippen molar-refractivity contribution in [3.63, 3.8) is 0 Å². The zero-order valence-electron chi connectivity index (χ0n) is 11.4. The number of amides is 1. The van der Waals surface area contributed by atoms with Crippen molar-refractivity contribution in [2.24, 2.45) is 0 Å². The molecule has 0 saturated heterocycles. The number of ether oxygens (including phenoxy) is 1. The summed E-state index contributed by atoms with van der Waals surface area (Å²) in [6, 6.07) is 4.89. The summed E-state index contributed by atoms with van der Waals surface area (Å²) in [5.74, 6) is 0.232. The highest BCUT2D eigenvalue weighted by Crippen LogP contribution is 2.21. The molecule has 0 aliphatic carbocycles. The molecule has 0 heterocycles. The molecule has 1 aromatic rings. The minimum atomic E-state index is -0.871. The smallest absolute Gasteiger partial charge is 0.255 e. The van der Waals surface area contributed by atoms with Gasteiger partial charge in [-0.3, -0.25) is 9.00 Å². The van der Waals surface area contributed by atoms with Gasteiger partial charge in [0.25, 0.3) is 5.91 Å². The van der Waals surface area contributed by atoms with E-state index >= 15 is 0 Å². The molecule has 19 heavy (non-hydrogen) atoms. The minimum absolute atomic E-state index is 0.0635. The Balaban J connectivity index is 2.61. The van der Waals surface area contributed by atoms with Crippen LogP contribution in [-0.2, 0) is 10.8 Å². The molecule has 0 aliphatic rings. The zero-order valence-corrected chi connectivity index (χ0v) is 12.3. The number of benzene rings is 1. The van der Waals surface area contributed by atoms with Crippen molar-refractivity contribution in [1.29, 1.82) is 0 Å². The summed E-state index contributed by atoms with van der Waals surface area (Å²) in [4.78, 5) is 12.0. The van der Waals surface area contributed by atoms with E-state index in [-0.39, 0.29) is 11.2 Å². The second kappa shape index (κ2) is 7.13. The van der Waals surface area contributed by atoms with E-state index in [0.29, 0.717) is 30.0 Å². The fourth-order valence-electron chi connectivity index (χ4n) is 1.55. The summed E-state index contributed by atoms with van der Waals surface area (Å²) in [6.45, 7) is 2.37. The van der Waals surface area contributed by atoms with Crippen LogP contribution in [0.4, 0.5) is 5.69 Å². The van der Waals surface area contributed by atoms with E-state index in [1.807, 2.05) is 6.92 Å². The second-order valence-corrected chi connectivity index (χ2v) is 6.12.